The zero-order valence-corrected chi connectivity index (χ0v) is 5.05. The van der Waals surface area contributed by atoms with E-state index in [9.17, 15) is 20.2 Å². The van der Waals surface area contributed by atoms with Crippen LogP contribution < -0.4 is 0 Å². The highest BCUT2D eigenvalue weighted by Crippen LogP contribution is 2.07. The Hall–Kier alpha value is -1.24. The second-order valence-corrected chi connectivity index (χ2v) is 1.74. The topological polar surface area (TPSA) is 107 Å². The van der Waals surface area contributed by atoms with Crippen molar-refractivity contribution in [3.05, 3.63) is 20.2 Å². The maximum Gasteiger partial charge on any atom is 0.477 e. The molecule has 0 aromatic heterocycles. The molecule has 0 fully saturated rings. The van der Waals surface area contributed by atoms with Crippen LogP contribution in [0.15, 0.2) is 0 Å². The van der Waals surface area contributed by atoms with Gasteiger partial charge in [-0.05, 0) is 0 Å². The molecular formula is C3H6N2O5. The number of aliphatic hydroxyl groups excluding tert-OH is 1. The van der Waals surface area contributed by atoms with Crippen molar-refractivity contribution in [2.24, 2.45) is 0 Å². The van der Waals surface area contributed by atoms with E-state index in [0.717, 1.165) is 0 Å². The Labute approximate surface area is 57.0 Å². The van der Waals surface area contributed by atoms with Crippen LogP contribution in [0.5, 0.6) is 0 Å². The average Bonchev–Trinajstić information content (AvgIpc) is 1.84. The molecule has 58 valence electrons. The van der Waals surface area contributed by atoms with Crippen molar-refractivity contribution in [2.75, 3.05) is 6.58 Å². The molecule has 0 rings (SSSR count). The van der Waals surface area contributed by atoms with Crippen molar-refractivity contribution in [1.82, 2.24) is 0 Å². The van der Waals surface area contributed by atoms with Gasteiger partial charge in [0.2, 0.25) is 0 Å². The molecule has 0 aliphatic heterocycles. The number of aliphatic hydroxyl groups is 1. The van der Waals surface area contributed by atoms with Crippen molar-refractivity contribution in [3.8, 4) is 0 Å². The smallest absolute Gasteiger partial charge is 0.382 e. The fourth-order valence-electron chi connectivity index (χ4n) is 0.161. The molecule has 10 heavy (non-hydrogen) atoms. The second kappa shape index (κ2) is 2.56. The number of nitrogens with zero attached hydrogens (tertiary/aromatic N) is 2. The molecule has 0 amide bonds. The number of rotatable bonds is 3. The van der Waals surface area contributed by atoms with Gasteiger partial charge in [0.25, 0.3) is 0 Å². The molecule has 0 bridgehead atoms. The summed E-state index contributed by atoms with van der Waals surface area (Å²) in [6.07, 6.45) is 0. The average molecular weight is 151 g/mol. The van der Waals surface area contributed by atoms with E-state index in [1.807, 2.05) is 0 Å². The standard InChI is InChI=1S/C3H6N2O5/c1-3(2-6,4(7)8)5(9)10/h6H,2H2,1H3/i2D. The van der Waals surface area contributed by atoms with Crippen molar-refractivity contribution >= 4 is 0 Å². The van der Waals surface area contributed by atoms with Gasteiger partial charge in [-0.25, -0.2) is 0 Å². The molecule has 0 aromatic carbocycles. The van der Waals surface area contributed by atoms with Gasteiger partial charge in [0.15, 0.2) is 6.58 Å². The molecule has 0 saturated heterocycles. The molecule has 0 aliphatic carbocycles. The van der Waals surface area contributed by atoms with Gasteiger partial charge in [-0.1, -0.05) is 0 Å². The Morgan fingerprint density at radius 2 is 1.90 bits per heavy atom. The van der Waals surface area contributed by atoms with Crippen LogP contribution in [0, 0.1) is 20.2 Å². The monoisotopic (exact) mass is 151 g/mol. The summed E-state index contributed by atoms with van der Waals surface area (Å²) in [5.41, 5.74) is -2.83. The summed E-state index contributed by atoms with van der Waals surface area (Å²) in [6, 6.07) is 0. The van der Waals surface area contributed by atoms with Gasteiger partial charge in [0.1, 0.15) is 9.85 Å². The van der Waals surface area contributed by atoms with E-state index >= 15 is 0 Å². The van der Waals surface area contributed by atoms with Crippen LogP contribution in [-0.4, -0.2) is 27.2 Å². The third-order valence-corrected chi connectivity index (χ3v) is 0.984. The minimum atomic E-state index is -2.83. The van der Waals surface area contributed by atoms with E-state index in [0.29, 0.717) is 6.92 Å². The van der Waals surface area contributed by atoms with Crippen molar-refractivity contribution in [1.29, 1.82) is 0 Å². The van der Waals surface area contributed by atoms with E-state index in [4.69, 9.17) is 6.48 Å². The zero-order chi connectivity index (χ0) is 9.23. The highest BCUT2D eigenvalue weighted by atomic mass is 16.7. The van der Waals surface area contributed by atoms with Gasteiger partial charge < -0.3 is 5.11 Å². The van der Waals surface area contributed by atoms with Gasteiger partial charge in [0.05, 0.1) is 8.29 Å². The highest BCUT2D eigenvalue weighted by Gasteiger charge is 2.49. The van der Waals surface area contributed by atoms with Crippen LogP contribution in [-0.2, 0) is 0 Å². The summed E-state index contributed by atoms with van der Waals surface area (Å²) in [7, 11) is 0. The fourth-order valence-corrected chi connectivity index (χ4v) is 0.161. The third-order valence-electron chi connectivity index (χ3n) is 0.984. The molecule has 0 aromatic rings. The summed E-state index contributed by atoms with van der Waals surface area (Å²) in [5, 5.41) is 28.4. The minimum absolute atomic E-state index is 0.574. The molecule has 1 unspecified atom stereocenters. The molecule has 1 N–H and O–H groups in total. The van der Waals surface area contributed by atoms with Crippen molar-refractivity contribution < 1.29 is 16.3 Å². The number of hydrogen-bond donors (Lipinski definition) is 1. The minimum Gasteiger partial charge on any atom is -0.382 e. The maximum atomic E-state index is 9.99. The lowest BCUT2D eigenvalue weighted by Crippen LogP contribution is -2.46. The van der Waals surface area contributed by atoms with Gasteiger partial charge >= 0.3 is 5.66 Å². The zero-order valence-electron chi connectivity index (χ0n) is 6.05. The summed E-state index contributed by atoms with van der Waals surface area (Å²) in [5.74, 6) is 0. The molecule has 0 heterocycles. The van der Waals surface area contributed by atoms with E-state index in [1.165, 1.54) is 0 Å². The normalized spacial score (nSPS) is 15.6. The second-order valence-electron chi connectivity index (χ2n) is 1.74. The quantitative estimate of drug-likeness (QED) is 0.324. The molecule has 0 spiro atoms. The highest BCUT2D eigenvalue weighted by molar-refractivity contribution is 4.55. The lowest BCUT2D eigenvalue weighted by Gasteiger charge is -2.07. The Morgan fingerprint density at radius 1 is 1.60 bits per heavy atom. The molecule has 0 saturated carbocycles. The Morgan fingerprint density at radius 3 is 1.90 bits per heavy atom. The molecule has 7 heteroatoms. The van der Waals surface area contributed by atoms with Gasteiger partial charge in [0, 0.05) is 0 Å². The summed E-state index contributed by atoms with van der Waals surface area (Å²) in [6.45, 7) is -1.79. The first kappa shape index (κ1) is 6.87. The van der Waals surface area contributed by atoms with Crippen molar-refractivity contribution in [2.45, 2.75) is 12.6 Å². The van der Waals surface area contributed by atoms with E-state index in [-0.39, 0.29) is 0 Å². The van der Waals surface area contributed by atoms with Gasteiger partial charge in [-0.2, -0.15) is 0 Å². The van der Waals surface area contributed by atoms with Crippen LogP contribution in [0.4, 0.5) is 0 Å². The molecule has 7 nitrogen and oxygen atoms in total. The van der Waals surface area contributed by atoms with E-state index < -0.39 is 22.1 Å². The van der Waals surface area contributed by atoms with Gasteiger partial charge in [-0.3, -0.25) is 20.2 Å². The van der Waals surface area contributed by atoms with E-state index in [2.05, 4.69) is 0 Å². The lowest BCUT2D eigenvalue weighted by molar-refractivity contribution is -0.793. The van der Waals surface area contributed by atoms with Crippen LogP contribution in [0.1, 0.15) is 8.29 Å². The Bertz CT molecular complexity index is 178. The fraction of sp³-hybridized carbons (Fsp3) is 1.00. The largest absolute Gasteiger partial charge is 0.477 e. The van der Waals surface area contributed by atoms with Crippen LogP contribution >= 0.6 is 0 Å². The number of nitro groups is 2. The predicted octanol–water partition coefficient (Wildman–Crippen LogP) is -0.752. The number of hydrogen-bond acceptors (Lipinski definition) is 5. The molecular weight excluding hydrogens is 144 g/mol. The lowest BCUT2D eigenvalue weighted by atomic mass is 10.2. The van der Waals surface area contributed by atoms with Crippen LogP contribution in [0.25, 0.3) is 0 Å². The van der Waals surface area contributed by atoms with Crippen LogP contribution in [0.3, 0.4) is 0 Å². The Kier molecular flexibility index (Phi) is 1.76. The molecule has 0 radical (unpaired) electrons. The predicted molar refractivity (Wildman–Crippen MR) is 29.5 cm³/mol. The SMILES string of the molecule is [2H]C(O)C(C)([N+](=O)[O-])[N+](=O)[O-]. The first-order chi connectivity index (χ1) is 4.83. The van der Waals surface area contributed by atoms with E-state index in [1.54, 1.807) is 0 Å². The summed E-state index contributed by atoms with van der Waals surface area (Å²) < 4.78 is 6.46. The molecule has 1 atom stereocenters. The van der Waals surface area contributed by atoms with Crippen molar-refractivity contribution in [3.63, 3.8) is 0 Å². The third kappa shape index (κ3) is 1.18. The first-order valence-corrected chi connectivity index (χ1v) is 2.22. The Balaban J connectivity index is 4.82. The maximum absolute atomic E-state index is 9.99. The van der Waals surface area contributed by atoms with Gasteiger partial charge in [-0.15, -0.1) is 0 Å². The summed E-state index contributed by atoms with van der Waals surface area (Å²) in [4.78, 5) is 17.4. The summed E-state index contributed by atoms with van der Waals surface area (Å²) >= 11 is 0. The first-order valence-electron chi connectivity index (χ1n) is 2.80. The molecule has 0 aliphatic rings. The van der Waals surface area contributed by atoms with Crippen LogP contribution in [0.2, 0.25) is 0 Å².